The van der Waals surface area contributed by atoms with Gasteiger partial charge in [0.1, 0.15) is 0 Å². The van der Waals surface area contributed by atoms with Gasteiger partial charge in [0.15, 0.2) is 11.5 Å². The molecule has 1 aliphatic carbocycles. The summed E-state index contributed by atoms with van der Waals surface area (Å²) in [5.74, 6) is -0.226. The highest BCUT2D eigenvalue weighted by molar-refractivity contribution is 5.80. The van der Waals surface area contributed by atoms with Gasteiger partial charge in [-0.05, 0) is 48.8 Å². The Hall–Kier alpha value is -4.35. The summed E-state index contributed by atoms with van der Waals surface area (Å²) in [6.07, 6.45) is 7.22. The molecule has 11 nitrogen and oxygen atoms in total. The van der Waals surface area contributed by atoms with E-state index in [2.05, 4.69) is 27.4 Å². The number of hydrogen-bond donors (Lipinski definition) is 2. The smallest absolute Gasteiger partial charge is 0.391 e. The van der Waals surface area contributed by atoms with E-state index >= 15 is 0 Å². The fourth-order valence-corrected chi connectivity index (χ4v) is 6.96. The van der Waals surface area contributed by atoms with Crippen molar-refractivity contribution in [1.29, 1.82) is 0 Å². The summed E-state index contributed by atoms with van der Waals surface area (Å²) in [7, 11) is 0. The number of hydrogen-bond acceptors (Lipinski definition) is 8. The van der Waals surface area contributed by atoms with Gasteiger partial charge < -0.3 is 9.84 Å². The van der Waals surface area contributed by atoms with Crippen molar-refractivity contribution in [2.24, 2.45) is 0 Å². The topological polar surface area (TPSA) is 141 Å². The highest BCUT2D eigenvalue weighted by Gasteiger charge is 2.43. The quantitative estimate of drug-likeness (QED) is 0.293. The zero-order valence-corrected chi connectivity index (χ0v) is 24.0. The van der Waals surface area contributed by atoms with E-state index in [0.29, 0.717) is 31.7 Å². The first-order chi connectivity index (χ1) is 20.9. The largest absolute Gasteiger partial charge is 0.439 e. The number of nitrogens with one attached hydrogen (secondary N) is 1. The maximum atomic E-state index is 14.3. The van der Waals surface area contributed by atoms with Gasteiger partial charge in [0.25, 0.3) is 5.56 Å². The van der Waals surface area contributed by atoms with Gasteiger partial charge in [-0.2, -0.15) is 0 Å². The molecule has 2 fully saturated rings. The van der Waals surface area contributed by atoms with Crippen LogP contribution in [0.1, 0.15) is 68.3 Å². The summed E-state index contributed by atoms with van der Waals surface area (Å²) in [5.41, 5.74) is 5.73. The molecule has 2 aromatic carbocycles. The molecule has 7 rings (SSSR count). The molecule has 1 saturated heterocycles. The molecule has 3 aromatic heterocycles. The molecule has 4 heterocycles. The first-order valence-corrected chi connectivity index (χ1v) is 15.0. The molecule has 11 heteroatoms. The molecule has 222 valence electrons. The Labute approximate surface area is 247 Å². The minimum absolute atomic E-state index is 0.0102. The molecule has 5 aromatic rings. The van der Waals surface area contributed by atoms with Gasteiger partial charge in [0.2, 0.25) is 0 Å². The molecular formula is C32H34N6O5. The first kappa shape index (κ1) is 27.5. The second-order valence-corrected chi connectivity index (χ2v) is 11.8. The third-order valence-electron chi connectivity index (χ3n) is 9.04. The Balaban J connectivity index is 1.22. The molecule has 1 spiro atoms. The SMILES string of the molecule is CCCc1c(Cc2ccc(-c3ccccc3-c3noc(=O)[nH]3)cc2)c(=O)n(C2CCC3(CC2)CC(O)CO3)c2cnnn12. The van der Waals surface area contributed by atoms with E-state index in [1.54, 1.807) is 6.20 Å². The van der Waals surface area contributed by atoms with Gasteiger partial charge in [-0.15, -0.1) is 5.10 Å². The second kappa shape index (κ2) is 11.1. The monoisotopic (exact) mass is 582 g/mol. The van der Waals surface area contributed by atoms with Crippen molar-refractivity contribution in [3.8, 4) is 22.5 Å². The lowest BCUT2D eigenvalue weighted by atomic mass is 9.80. The number of aromatic amines is 1. The minimum atomic E-state index is -0.601. The van der Waals surface area contributed by atoms with Crippen LogP contribution in [0.2, 0.25) is 0 Å². The Morgan fingerprint density at radius 3 is 2.51 bits per heavy atom. The molecule has 43 heavy (non-hydrogen) atoms. The van der Waals surface area contributed by atoms with Crippen LogP contribution in [0.5, 0.6) is 0 Å². The first-order valence-electron chi connectivity index (χ1n) is 15.0. The number of ether oxygens (including phenoxy) is 1. The van der Waals surface area contributed by atoms with Gasteiger partial charge in [-0.3, -0.25) is 18.9 Å². The van der Waals surface area contributed by atoms with Gasteiger partial charge >= 0.3 is 5.76 Å². The van der Waals surface area contributed by atoms with E-state index in [1.165, 1.54) is 0 Å². The fraction of sp³-hybridized carbons (Fsp3) is 0.406. The van der Waals surface area contributed by atoms with Crippen LogP contribution < -0.4 is 11.3 Å². The van der Waals surface area contributed by atoms with E-state index < -0.39 is 11.9 Å². The predicted molar refractivity (Wildman–Crippen MR) is 159 cm³/mol. The number of fused-ring (bicyclic) bond motifs is 1. The number of nitrogens with zero attached hydrogens (tertiary/aromatic N) is 5. The highest BCUT2D eigenvalue weighted by Crippen LogP contribution is 2.43. The Morgan fingerprint density at radius 2 is 1.84 bits per heavy atom. The normalized spacial score (nSPS) is 22.1. The van der Waals surface area contributed by atoms with Gasteiger partial charge in [0.05, 0.1) is 30.2 Å². The number of aliphatic hydroxyl groups is 1. The van der Waals surface area contributed by atoms with Crippen molar-refractivity contribution in [3.05, 3.63) is 92.5 Å². The standard InChI is InChI=1S/C32H34N6O5/c1-2-5-27-26(16-20-8-10-21(11-9-20)24-6-3-4-7-25(24)29-34-31(41)43-35-29)30(40)37(28-18-33-36-38(27)28)22-12-14-32(15-13-22)17-23(39)19-42-32/h3-4,6-11,18,22-23,39H,2,5,12-17,19H2,1H3,(H,34,35,41). The Morgan fingerprint density at radius 1 is 1.07 bits per heavy atom. The maximum absolute atomic E-state index is 14.3. The molecule has 1 aliphatic heterocycles. The highest BCUT2D eigenvalue weighted by atomic mass is 16.5. The van der Waals surface area contributed by atoms with Crippen molar-refractivity contribution in [3.63, 3.8) is 0 Å². The summed E-state index contributed by atoms with van der Waals surface area (Å²) in [5, 5.41) is 22.6. The molecule has 2 aliphatic rings. The second-order valence-electron chi connectivity index (χ2n) is 11.8. The molecule has 0 bridgehead atoms. The lowest BCUT2D eigenvalue weighted by molar-refractivity contribution is -0.0344. The zero-order valence-electron chi connectivity index (χ0n) is 24.0. The third-order valence-corrected chi connectivity index (χ3v) is 9.04. The molecule has 2 N–H and O–H groups in total. The molecule has 1 unspecified atom stereocenters. The van der Waals surface area contributed by atoms with Crippen LogP contribution in [0.3, 0.4) is 0 Å². The van der Waals surface area contributed by atoms with E-state index in [4.69, 9.17) is 9.26 Å². The molecule has 0 radical (unpaired) electrons. The van der Waals surface area contributed by atoms with Crippen LogP contribution in [0.25, 0.3) is 28.2 Å². The van der Waals surface area contributed by atoms with Crippen LogP contribution in [0, 0.1) is 0 Å². The summed E-state index contributed by atoms with van der Waals surface area (Å²) >= 11 is 0. The van der Waals surface area contributed by atoms with Crippen molar-refractivity contribution >= 4 is 5.65 Å². The van der Waals surface area contributed by atoms with Crippen LogP contribution in [0.4, 0.5) is 0 Å². The van der Waals surface area contributed by atoms with Crippen LogP contribution >= 0.6 is 0 Å². The minimum Gasteiger partial charge on any atom is -0.391 e. The van der Waals surface area contributed by atoms with E-state index in [-0.39, 0.29) is 17.2 Å². The van der Waals surface area contributed by atoms with Crippen LogP contribution in [-0.4, -0.2) is 53.0 Å². The molecule has 0 amide bonds. The number of H-pyrrole nitrogens is 1. The summed E-state index contributed by atoms with van der Waals surface area (Å²) in [6.45, 7) is 2.49. The van der Waals surface area contributed by atoms with Crippen molar-refractivity contribution in [1.82, 2.24) is 29.5 Å². The fourth-order valence-electron chi connectivity index (χ4n) is 6.96. The lowest BCUT2D eigenvalue weighted by Gasteiger charge is -2.37. The third kappa shape index (κ3) is 5.02. The predicted octanol–water partition coefficient (Wildman–Crippen LogP) is 4.08. The Kier molecular flexibility index (Phi) is 7.06. The van der Waals surface area contributed by atoms with Crippen molar-refractivity contribution in [2.75, 3.05) is 6.61 Å². The average molecular weight is 583 g/mol. The van der Waals surface area contributed by atoms with Crippen LogP contribution in [0.15, 0.2) is 68.8 Å². The van der Waals surface area contributed by atoms with E-state index in [0.717, 1.165) is 71.3 Å². The summed E-state index contributed by atoms with van der Waals surface area (Å²) < 4.78 is 14.5. The van der Waals surface area contributed by atoms with Crippen molar-refractivity contribution in [2.45, 2.75) is 76.0 Å². The Bertz CT molecular complexity index is 1880. The number of aromatic nitrogens is 6. The van der Waals surface area contributed by atoms with E-state index in [1.807, 2.05) is 57.6 Å². The van der Waals surface area contributed by atoms with Gasteiger partial charge in [0, 0.05) is 30.0 Å². The summed E-state index contributed by atoms with van der Waals surface area (Å²) in [6, 6.07) is 15.8. The average Bonchev–Trinajstić information content (AvgIpc) is 3.77. The molecular weight excluding hydrogens is 548 g/mol. The van der Waals surface area contributed by atoms with Gasteiger partial charge in [-0.25, -0.2) is 9.31 Å². The van der Waals surface area contributed by atoms with E-state index in [9.17, 15) is 14.7 Å². The van der Waals surface area contributed by atoms with Crippen molar-refractivity contribution < 1.29 is 14.4 Å². The summed E-state index contributed by atoms with van der Waals surface area (Å²) in [4.78, 5) is 28.5. The number of rotatable bonds is 7. The van der Waals surface area contributed by atoms with Crippen LogP contribution in [-0.2, 0) is 17.6 Å². The number of benzene rings is 2. The zero-order chi connectivity index (χ0) is 29.6. The van der Waals surface area contributed by atoms with Gasteiger partial charge in [-0.1, -0.05) is 72.2 Å². The molecule has 1 saturated carbocycles. The molecule has 1 atom stereocenters. The number of aryl methyl sites for hydroxylation is 1. The maximum Gasteiger partial charge on any atom is 0.439 e. The number of aliphatic hydroxyl groups excluding tert-OH is 1. The lowest BCUT2D eigenvalue weighted by Crippen LogP contribution is -2.38.